The second kappa shape index (κ2) is 7.50. The molecule has 24 heavy (non-hydrogen) atoms. The van der Waals surface area contributed by atoms with Crippen LogP contribution in [-0.2, 0) is 14.8 Å². The molecule has 2 N–H and O–H groups in total. The maximum absolute atomic E-state index is 12.1. The molecule has 0 aromatic heterocycles. The summed E-state index contributed by atoms with van der Waals surface area (Å²) in [7, 11) is -1.30. The maximum atomic E-state index is 12.1. The van der Waals surface area contributed by atoms with Crippen LogP contribution in [0.4, 0.5) is 11.4 Å². The molecule has 1 aliphatic rings. The van der Waals surface area contributed by atoms with Crippen molar-refractivity contribution < 1.29 is 13.2 Å². The van der Waals surface area contributed by atoms with Crippen LogP contribution in [0.2, 0.25) is 0 Å². The van der Waals surface area contributed by atoms with Crippen molar-refractivity contribution in [1.82, 2.24) is 9.62 Å². The minimum atomic E-state index is -3.42. The van der Waals surface area contributed by atoms with Gasteiger partial charge in [0.25, 0.3) is 0 Å². The molecule has 1 aliphatic heterocycles. The number of anilines is 2. The van der Waals surface area contributed by atoms with Gasteiger partial charge < -0.3 is 15.1 Å². The molecule has 2 rings (SSSR count). The van der Waals surface area contributed by atoms with E-state index in [9.17, 15) is 13.2 Å². The van der Waals surface area contributed by atoms with Gasteiger partial charge in [0.1, 0.15) is 0 Å². The van der Waals surface area contributed by atoms with Crippen molar-refractivity contribution in [3.05, 3.63) is 23.8 Å². The number of likely N-dealkylation sites (N-methyl/N-ethyl adjacent to an activating group) is 1. The molecule has 1 aromatic carbocycles. The van der Waals surface area contributed by atoms with Gasteiger partial charge in [-0.05, 0) is 44.7 Å². The molecule has 8 heteroatoms. The Labute approximate surface area is 144 Å². The number of aryl methyl sites for hydroxylation is 1. The van der Waals surface area contributed by atoms with E-state index in [4.69, 9.17) is 0 Å². The first kappa shape index (κ1) is 18.7. The first-order valence-electron chi connectivity index (χ1n) is 7.98. The van der Waals surface area contributed by atoms with Gasteiger partial charge in [0.15, 0.2) is 0 Å². The molecule has 1 atom stereocenters. The Bertz CT molecular complexity index is 697. The van der Waals surface area contributed by atoms with E-state index in [2.05, 4.69) is 26.9 Å². The summed E-state index contributed by atoms with van der Waals surface area (Å²) in [5.74, 6) is -0.382. The number of nitrogens with zero attached hydrogens (tertiary/aromatic N) is 2. The third kappa shape index (κ3) is 5.19. The fraction of sp³-hybridized carbons (Fsp3) is 0.562. The molecule has 1 amide bonds. The van der Waals surface area contributed by atoms with E-state index in [0.717, 1.165) is 38.0 Å². The van der Waals surface area contributed by atoms with Crippen molar-refractivity contribution in [2.75, 3.05) is 49.7 Å². The molecule has 1 saturated heterocycles. The van der Waals surface area contributed by atoms with Crippen LogP contribution in [0.5, 0.6) is 0 Å². The average molecular weight is 354 g/mol. The van der Waals surface area contributed by atoms with E-state index in [0.29, 0.717) is 5.69 Å². The molecule has 1 heterocycles. The lowest BCUT2D eigenvalue weighted by Gasteiger charge is -2.35. The molecular weight excluding hydrogens is 328 g/mol. The summed E-state index contributed by atoms with van der Waals surface area (Å²) in [6, 6.07) is 4.95. The Morgan fingerprint density at radius 2 is 1.83 bits per heavy atom. The van der Waals surface area contributed by atoms with Gasteiger partial charge in [0, 0.05) is 37.6 Å². The predicted octanol–water partition coefficient (Wildman–Crippen LogP) is 0.623. The van der Waals surface area contributed by atoms with E-state index in [-0.39, 0.29) is 5.91 Å². The summed E-state index contributed by atoms with van der Waals surface area (Å²) in [6.07, 6.45) is 1.03. The van der Waals surface area contributed by atoms with Crippen LogP contribution in [-0.4, -0.2) is 64.7 Å². The number of benzene rings is 1. The normalized spacial score (nSPS) is 17.6. The molecule has 0 unspecified atom stereocenters. The third-order valence-corrected chi connectivity index (χ3v) is 4.87. The number of piperazine rings is 1. The van der Waals surface area contributed by atoms with Crippen molar-refractivity contribution in [2.45, 2.75) is 19.9 Å². The van der Waals surface area contributed by atoms with Gasteiger partial charge in [-0.25, -0.2) is 13.1 Å². The zero-order valence-corrected chi connectivity index (χ0v) is 15.5. The van der Waals surface area contributed by atoms with Crippen LogP contribution in [0.15, 0.2) is 18.2 Å². The molecule has 7 nitrogen and oxygen atoms in total. The van der Waals surface area contributed by atoms with Crippen LogP contribution in [0.1, 0.15) is 12.5 Å². The molecule has 134 valence electrons. The molecular formula is C16H26N4O3S. The molecule has 0 spiro atoms. The Morgan fingerprint density at radius 3 is 2.38 bits per heavy atom. The number of amides is 1. The molecule has 0 radical (unpaired) electrons. The summed E-state index contributed by atoms with van der Waals surface area (Å²) < 4.78 is 24.7. The minimum absolute atomic E-state index is 0.382. The van der Waals surface area contributed by atoms with Crippen molar-refractivity contribution >= 4 is 27.3 Å². The Hall–Kier alpha value is -1.64. The first-order chi connectivity index (χ1) is 11.2. The van der Waals surface area contributed by atoms with Gasteiger partial charge in [-0.3, -0.25) is 4.79 Å². The van der Waals surface area contributed by atoms with Crippen LogP contribution in [0, 0.1) is 6.92 Å². The van der Waals surface area contributed by atoms with E-state index in [1.807, 2.05) is 25.1 Å². The second-order valence-corrected chi connectivity index (χ2v) is 8.17. The van der Waals surface area contributed by atoms with E-state index >= 15 is 0 Å². The highest BCUT2D eigenvalue weighted by atomic mass is 32.2. The number of rotatable bonds is 5. The summed E-state index contributed by atoms with van der Waals surface area (Å²) >= 11 is 0. The number of carbonyl (C=O) groups is 1. The predicted molar refractivity (Wildman–Crippen MR) is 97.0 cm³/mol. The van der Waals surface area contributed by atoms with Gasteiger partial charge in [-0.2, -0.15) is 0 Å². The van der Waals surface area contributed by atoms with E-state index < -0.39 is 16.1 Å². The average Bonchev–Trinajstić information content (AvgIpc) is 2.47. The highest BCUT2D eigenvalue weighted by Crippen LogP contribution is 2.24. The number of carbonyl (C=O) groups excluding carboxylic acids is 1. The van der Waals surface area contributed by atoms with Gasteiger partial charge in [-0.15, -0.1) is 0 Å². The number of sulfonamides is 1. The number of hydrogen-bond acceptors (Lipinski definition) is 5. The van der Waals surface area contributed by atoms with Gasteiger partial charge in [0.2, 0.25) is 15.9 Å². The van der Waals surface area contributed by atoms with Crippen molar-refractivity contribution in [1.29, 1.82) is 0 Å². The monoisotopic (exact) mass is 354 g/mol. The highest BCUT2D eigenvalue weighted by Gasteiger charge is 2.19. The van der Waals surface area contributed by atoms with Crippen LogP contribution in [0.25, 0.3) is 0 Å². The fourth-order valence-electron chi connectivity index (χ4n) is 2.76. The lowest BCUT2D eigenvalue weighted by molar-refractivity contribution is -0.117. The van der Waals surface area contributed by atoms with Gasteiger partial charge >= 0.3 is 0 Å². The van der Waals surface area contributed by atoms with Gasteiger partial charge in [0.05, 0.1) is 12.3 Å². The standard InChI is InChI=1S/C16H26N4O3S/c1-12-11-14(17-16(21)13(2)18-24(4,22)23)5-6-15(12)20-9-7-19(3)8-10-20/h5-6,11,13,18H,7-10H2,1-4H3,(H,17,21)/t13-/m1/s1. The summed E-state index contributed by atoms with van der Waals surface area (Å²) in [6.45, 7) is 7.57. The lowest BCUT2D eigenvalue weighted by Crippen LogP contribution is -2.44. The van der Waals surface area contributed by atoms with E-state index in [1.54, 1.807) is 0 Å². The molecule has 0 aliphatic carbocycles. The Balaban J connectivity index is 2.03. The molecule has 1 aromatic rings. The quantitative estimate of drug-likeness (QED) is 0.810. The maximum Gasteiger partial charge on any atom is 0.242 e. The fourth-order valence-corrected chi connectivity index (χ4v) is 3.51. The first-order valence-corrected chi connectivity index (χ1v) is 9.87. The zero-order chi connectivity index (χ0) is 17.9. The van der Waals surface area contributed by atoms with Gasteiger partial charge in [-0.1, -0.05) is 0 Å². The van der Waals surface area contributed by atoms with Crippen LogP contribution in [0.3, 0.4) is 0 Å². The van der Waals surface area contributed by atoms with Crippen LogP contribution >= 0.6 is 0 Å². The molecule has 0 bridgehead atoms. The van der Waals surface area contributed by atoms with Crippen LogP contribution < -0.4 is 14.9 Å². The Morgan fingerprint density at radius 1 is 1.21 bits per heavy atom. The van der Waals surface area contributed by atoms with Crippen molar-refractivity contribution in [2.24, 2.45) is 0 Å². The van der Waals surface area contributed by atoms with Crippen molar-refractivity contribution in [3.8, 4) is 0 Å². The summed E-state index contributed by atoms with van der Waals surface area (Å²) in [5.41, 5.74) is 2.92. The smallest absolute Gasteiger partial charge is 0.242 e. The summed E-state index contributed by atoms with van der Waals surface area (Å²) in [5, 5.41) is 2.75. The lowest BCUT2D eigenvalue weighted by atomic mass is 10.1. The minimum Gasteiger partial charge on any atom is -0.369 e. The third-order valence-electron chi connectivity index (χ3n) is 4.09. The largest absolute Gasteiger partial charge is 0.369 e. The second-order valence-electron chi connectivity index (χ2n) is 6.39. The summed E-state index contributed by atoms with van der Waals surface area (Å²) in [4.78, 5) is 16.7. The van der Waals surface area contributed by atoms with E-state index in [1.165, 1.54) is 12.6 Å². The highest BCUT2D eigenvalue weighted by molar-refractivity contribution is 7.88. The molecule has 1 fully saturated rings. The molecule has 0 saturated carbocycles. The Kier molecular flexibility index (Phi) is 5.84. The zero-order valence-electron chi connectivity index (χ0n) is 14.7. The SMILES string of the molecule is Cc1cc(NC(=O)[C@@H](C)NS(C)(=O)=O)ccc1N1CCN(C)CC1. The topological polar surface area (TPSA) is 81.8 Å². The number of nitrogens with one attached hydrogen (secondary N) is 2. The number of hydrogen-bond donors (Lipinski definition) is 2. The van der Waals surface area contributed by atoms with Crippen molar-refractivity contribution in [3.63, 3.8) is 0 Å².